The molecule has 0 saturated carbocycles. The number of nitrogens with zero attached hydrogens (tertiary/aromatic N) is 1. The molecule has 0 bridgehead atoms. The molecule has 0 radical (unpaired) electrons. The summed E-state index contributed by atoms with van der Waals surface area (Å²) < 4.78 is 11.8. The molecule has 7 aromatic carbocycles. The average molecular weight is 704 g/mol. The van der Waals surface area contributed by atoms with E-state index in [0.29, 0.717) is 22.3 Å². The van der Waals surface area contributed by atoms with Crippen LogP contribution in [0.4, 0.5) is 5.69 Å². The minimum absolute atomic E-state index is 0.340. The maximum absolute atomic E-state index is 13.6. The predicted molar refractivity (Wildman–Crippen MR) is 224 cm³/mol. The molecule has 0 aliphatic rings. The Hall–Kier alpha value is -6.72. The number of fused-ring (bicyclic) bond motifs is 4. The van der Waals surface area contributed by atoms with E-state index in [9.17, 15) is 9.59 Å². The molecule has 0 atom stereocenters. The summed E-state index contributed by atoms with van der Waals surface area (Å²) in [5.74, 6) is 0. The number of hydrogen-bond donors (Lipinski definition) is 0. The summed E-state index contributed by atoms with van der Waals surface area (Å²) in [5.41, 5.74) is 9.38. The molecule has 2 aromatic heterocycles. The second-order valence-electron chi connectivity index (χ2n) is 13.8. The van der Waals surface area contributed by atoms with E-state index >= 15 is 0 Å². The zero-order valence-corrected chi connectivity index (χ0v) is 30.4. The van der Waals surface area contributed by atoms with Crippen molar-refractivity contribution in [3.05, 3.63) is 172 Å². The Kier molecular flexibility index (Phi) is 8.20. The first-order chi connectivity index (χ1) is 26.4. The molecule has 0 unspecified atom stereocenters. The third kappa shape index (κ3) is 5.66. The van der Waals surface area contributed by atoms with Crippen molar-refractivity contribution in [1.29, 1.82) is 0 Å². The highest BCUT2D eigenvalue weighted by atomic mass is 16.4. The van der Waals surface area contributed by atoms with Gasteiger partial charge in [-0.1, -0.05) is 103 Å². The summed E-state index contributed by atoms with van der Waals surface area (Å²) in [6.45, 7) is 8.00. The summed E-state index contributed by atoms with van der Waals surface area (Å²) in [6.07, 6.45) is 0. The Morgan fingerprint density at radius 2 is 1.07 bits per heavy atom. The fourth-order valence-corrected chi connectivity index (χ4v) is 7.95. The van der Waals surface area contributed by atoms with Crippen molar-refractivity contribution in [3.8, 4) is 44.5 Å². The van der Waals surface area contributed by atoms with Gasteiger partial charge in [0, 0.05) is 35.6 Å². The molecule has 54 heavy (non-hydrogen) atoms. The van der Waals surface area contributed by atoms with Gasteiger partial charge in [0.1, 0.15) is 11.2 Å². The zero-order valence-electron chi connectivity index (χ0n) is 30.4. The summed E-state index contributed by atoms with van der Waals surface area (Å²) in [5, 5.41) is 6.16. The van der Waals surface area contributed by atoms with Gasteiger partial charge in [-0.15, -0.1) is 0 Å². The summed E-state index contributed by atoms with van der Waals surface area (Å²) in [6, 6.07) is 49.1. The highest BCUT2D eigenvalue weighted by Crippen LogP contribution is 2.38. The van der Waals surface area contributed by atoms with Gasteiger partial charge in [-0.05, 0) is 118 Å². The topological polar surface area (TPSA) is 63.7 Å². The quantitative estimate of drug-likeness (QED) is 0.122. The van der Waals surface area contributed by atoms with Crippen LogP contribution in [-0.4, -0.2) is 13.1 Å². The van der Waals surface area contributed by atoms with Crippen LogP contribution in [0.2, 0.25) is 0 Å². The monoisotopic (exact) mass is 703 g/mol. The van der Waals surface area contributed by atoms with Crippen molar-refractivity contribution in [3.63, 3.8) is 0 Å². The minimum Gasteiger partial charge on any atom is -0.422 e. The number of rotatable bonds is 7. The fourth-order valence-electron chi connectivity index (χ4n) is 7.95. The molecule has 0 aliphatic carbocycles. The zero-order chi connectivity index (χ0) is 36.9. The van der Waals surface area contributed by atoms with Crippen molar-refractivity contribution < 1.29 is 8.83 Å². The lowest BCUT2D eigenvalue weighted by Gasteiger charge is -2.21. The molecule has 0 saturated heterocycles. The van der Waals surface area contributed by atoms with Gasteiger partial charge < -0.3 is 13.7 Å². The summed E-state index contributed by atoms with van der Waals surface area (Å²) in [7, 11) is 0. The van der Waals surface area contributed by atoms with Gasteiger partial charge in [0.05, 0.1) is 11.1 Å². The van der Waals surface area contributed by atoms with Gasteiger partial charge >= 0.3 is 11.3 Å². The highest BCUT2D eigenvalue weighted by molar-refractivity contribution is 6.05. The van der Waals surface area contributed by atoms with E-state index in [1.807, 2.05) is 67.6 Å². The highest BCUT2D eigenvalue weighted by Gasteiger charge is 2.17. The molecule has 2 heterocycles. The lowest BCUT2D eigenvalue weighted by molar-refractivity contribution is 0.562. The third-order valence-electron chi connectivity index (χ3n) is 10.8. The molecule has 9 aromatic rings. The van der Waals surface area contributed by atoms with E-state index in [2.05, 4.69) is 104 Å². The molecule has 0 aliphatic heterocycles. The summed E-state index contributed by atoms with van der Waals surface area (Å²) in [4.78, 5) is 29.0. The largest absolute Gasteiger partial charge is 0.422 e. The SMILES string of the molecule is CCN(CC)c1ccc2c(C)c(-c3cccc(-c4ccc(-c5ccc(-c6cc7cc8ccccc8cc7oc6=O)cc5)c5ccccc45)c3)c(=O)oc2c1. The second kappa shape index (κ2) is 13.4. The molecule has 5 heteroatoms. The lowest BCUT2D eigenvalue weighted by atomic mass is 9.90. The van der Waals surface area contributed by atoms with Crippen molar-refractivity contribution in [2.45, 2.75) is 20.8 Å². The first-order valence-corrected chi connectivity index (χ1v) is 18.4. The van der Waals surface area contributed by atoms with Crippen molar-refractivity contribution in [1.82, 2.24) is 0 Å². The molecule has 262 valence electrons. The van der Waals surface area contributed by atoms with Gasteiger partial charge in [0.2, 0.25) is 0 Å². The van der Waals surface area contributed by atoms with E-state index in [0.717, 1.165) is 90.0 Å². The number of anilines is 1. The van der Waals surface area contributed by atoms with Crippen LogP contribution >= 0.6 is 0 Å². The average Bonchev–Trinajstić information content (AvgIpc) is 3.20. The summed E-state index contributed by atoms with van der Waals surface area (Å²) >= 11 is 0. The Morgan fingerprint density at radius 1 is 0.463 bits per heavy atom. The fraction of sp³-hybridized carbons (Fsp3) is 0.102. The van der Waals surface area contributed by atoms with E-state index in [4.69, 9.17) is 8.83 Å². The Balaban J connectivity index is 1.07. The molecule has 0 N–H and O–H groups in total. The van der Waals surface area contributed by atoms with Crippen LogP contribution in [0.1, 0.15) is 19.4 Å². The predicted octanol–water partition coefficient (Wildman–Crippen LogP) is 12.0. The Morgan fingerprint density at radius 3 is 1.78 bits per heavy atom. The van der Waals surface area contributed by atoms with Crippen LogP contribution in [0, 0.1) is 6.92 Å². The van der Waals surface area contributed by atoms with Gasteiger partial charge in [0.25, 0.3) is 0 Å². The second-order valence-corrected chi connectivity index (χ2v) is 13.8. The molecule has 0 spiro atoms. The third-order valence-corrected chi connectivity index (χ3v) is 10.8. The first kappa shape index (κ1) is 33.1. The normalized spacial score (nSPS) is 11.5. The van der Waals surface area contributed by atoms with Gasteiger partial charge in [-0.3, -0.25) is 0 Å². The van der Waals surface area contributed by atoms with E-state index in [1.54, 1.807) is 0 Å². The number of hydrogen-bond acceptors (Lipinski definition) is 5. The van der Waals surface area contributed by atoms with Crippen LogP contribution in [0.5, 0.6) is 0 Å². The van der Waals surface area contributed by atoms with Gasteiger partial charge in [-0.25, -0.2) is 9.59 Å². The molecular weight excluding hydrogens is 667 g/mol. The first-order valence-electron chi connectivity index (χ1n) is 18.4. The van der Waals surface area contributed by atoms with E-state index in [1.165, 1.54) is 0 Å². The Labute approximate surface area is 312 Å². The van der Waals surface area contributed by atoms with Crippen LogP contribution in [0.3, 0.4) is 0 Å². The van der Waals surface area contributed by atoms with Crippen molar-refractivity contribution >= 4 is 49.2 Å². The van der Waals surface area contributed by atoms with Gasteiger partial charge in [-0.2, -0.15) is 0 Å². The molecule has 0 fully saturated rings. The Bertz CT molecular complexity index is 3020. The van der Waals surface area contributed by atoms with Crippen molar-refractivity contribution in [2.75, 3.05) is 18.0 Å². The minimum atomic E-state index is -0.358. The standard InChI is InChI=1S/C49H37NO4/c1-4-50(5-2)38-21-22-39-30(3)47(49(52)54-46(39)29-38)36-14-10-13-35(26-36)41-24-23-40(42-15-8-9-16-43(41)42)31-17-19-32(20-18-31)44-27-37-25-33-11-6-7-12-34(33)28-45(37)53-48(44)51/h6-29H,4-5H2,1-3H3. The van der Waals surface area contributed by atoms with E-state index in [-0.39, 0.29) is 11.3 Å². The van der Waals surface area contributed by atoms with Crippen molar-refractivity contribution in [2.24, 2.45) is 0 Å². The van der Waals surface area contributed by atoms with Crippen LogP contribution in [-0.2, 0) is 0 Å². The van der Waals surface area contributed by atoms with E-state index < -0.39 is 0 Å². The molecular formula is C49H37NO4. The molecule has 9 rings (SSSR count). The maximum Gasteiger partial charge on any atom is 0.344 e. The number of aryl methyl sites for hydroxylation is 1. The molecule has 0 amide bonds. The van der Waals surface area contributed by atoms with Gasteiger partial charge in [0.15, 0.2) is 0 Å². The lowest BCUT2D eigenvalue weighted by Crippen LogP contribution is -2.21. The van der Waals surface area contributed by atoms with Crippen LogP contribution in [0.25, 0.3) is 88.0 Å². The number of benzene rings is 7. The smallest absolute Gasteiger partial charge is 0.344 e. The maximum atomic E-state index is 13.6. The van der Waals surface area contributed by atoms with Crippen LogP contribution < -0.4 is 16.2 Å². The molecule has 5 nitrogen and oxygen atoms in total. The van der Waals surface area contributed by atoms with Crippen LogP contribution in [0.15, 0.2) is 164 Å².